The van der Waals surface area contributed by atoms with Crippen LogP contribution in [0, 0.1) is 11.8 Å². The fourth-order valence-corrected chi connectivity index (χ4v) is 4.83. The number of fused-ring (bicyclic) bond motifs is 1. The van der Waals surface area contributed by atoms with Gasteiger partial charge in [0, 0.05) is 16.4 Å². The molecule has 1 saturated heterocycles. The number of amides is 1. The molecule has 0 saturated carbocycles. The van der Waals surface area contributed by atoms with Crippen LogP contribution in [0.5, 0.6) is 0 Å². The molecule has 3 heterocycles. The van der Waals surface area contributed by atoms with Crippen LogP contribution < -0.4 is 0 Å². The van der Waals surface area contributed by atoms with E-state index >= 15 is 0 Å². The highest BCUT2D eigenvalue weighted by Gasteiger charge is 2.60. The van der Waals surface area contributed by atoms with E-state index in [0.29, 0.717) is 15.8 Å². The van der Waals surface area contributed by atoms with Gasteiger partial charge >= 0.3 is 5.97 Å². The molecular weight excluding hydrogens is 368 g/mol. The highest BCUT2D eigenvalue weighted by molar-refractivity contribution is 8.03. The molecule has 1 fully saturated rings. The third-order valence-corrected chi connectivity index (χ3v) is 6.21. The molecule has 2 aliphatic rings. The van der Waals surface area contributed by atoms with Gasteiger partial charge < -0.3 is 19.5 Å². The third-order valence-electron chi connectivity index (χ3n) is 5.06. The summed E-state index contributed by atoms with van der Waals surface area (Å²) in [5, 5.41) is 19.9. The highest BCUT2D eigenvalue weighted by atomic mass is 32.2. The molecule has 0 radical (unpaired) electrons. The number of benzene rings is 1. The van der Waals surface area contributed by atoms with E-state index in [0.717, 1.165) is 17.3 Å². The summed E-state index contributed by atoms with van der Waals surface area (Å²) < 4.78 is 5.52. The van der Waals surface area contributed by atoms with Gasteiger partial charge in [0.25, 0.3) is 5.22 Å². The topological polar surface area (TPSA) is 104 Å². The summed E-state index contributed by atoms with van der Waals surface area (Å²) in [7, 11) is 0. The van der Waals surface area contributed by atoms with Crippen LogP contribution in [0.4, 0.5) is 0 Å². The minimum atomic E-state index is -1.17. The van der Waals surface area contributed by atoms with E-state index in [9.17, 15) is 19.8 Å². The van der Waals surface area contributed by atoms with Crippen molar-refractivity contribution in [2.45, 2.75) is 31.2 Å². The van der Waals surface area contributed by atoms with Crippen LogP contribution in [-0.2, 0) is 9.59 Å². The number of aromatic nitrogens is 1. The molecule has 2 aliphatic heterocycles. The molecule has 2 N–H and O–H groups in total. The number of oxazole rings is 1. The van der Waals surface area contributed by atoms with Crippen LogP contribution >= 0.6 is 11.8 Å². The van der Waals surface area contributed by atoms with Gasteiger partial charge in [0.15, 0.2) is 0 Å². The molecular formula is C19H18N2O5S. The number of thioether (sulfide) groups is 1. The minimum absolute atomic E-state index is 0.0427. The monoisotopic (exact) mass is 386 g/mol. The summed E-state index contributed by atoms with van der Waals surface area (Å²) in [6.45, 7) is 3.41. The van der Waals surface area contributed by atoms with Crippen molar-refractivity contribution in [1.82, 2.24) is 9.88 Å². The first-order valence-corrected chi connectivity index (χ1v) is 9.39. The first-order chi connectivity index (χ1) is 12.9. The van der Waals surface area contributed by atoms with E-state index in [-0.39, 0.29) is 23.6 Å². The van der Waals surface area contributed by atoms with Crippen molar-refractivity contribution in [1.29, 1.82) is 0 Å². The van der Waals surface area contributed by atoms with E-state index in [4.69, 9.17) is 4.42 Å². The first kappa shape index (κ1) is 17.8. The highest BCUT2D eigenvalue weighted by Crippen LogP contribution is 2.51. The Balaban J connectivity index is 1.64. The molecule has 140 valence electrons. The molecule has 0 bridgehead atoms. The molecule has 1 aromatic heterocycles. The molecule has 7 nitrogen and oxygen atoms in total. The van der Waals surface area contributed by atoms with Crippen molar-refractivity contribution in [3.05, 3.63) is 47.2 Å². The van der Waals surface area contributed by atoms with Crippen LogP contribution in [0.15, 0.2) is 56.8 Å². The number of carbonyl (C=O) groups excluding carboxylic acids is 1. The van der Waals surface area contributed by atoms with E-state index in [1.807, 2.05) is 37.3 Å². The van der Waals surface area contributed by atoms with E-state index < -0.39 is 18.0 Å². The Hall–Kier alpha value is -2.58. The molecule has 8 heteroatoms. The third kappa shape index (κ3) is 2.76. The largest absolute Gasteiger partial charge is 0.477 e. The minimum Gasteiger partial charge on any atom is -0.477 e. The lowest BCUT2D eigenvalue weighted by atomic mass is 9.79. The number of nitrogens with zero attached hydrogens (tertiary/aromatic N) is 2. The van der Waals surface area contributed by atoms with Gasteiger partial charge in [-0.2, -0.15) is 0 Å². The number of aliphatic hydroxyl groups excluding tert-OH is 1. The van der Waals surface area contributed by atoms with Gasteiger partial charge in [0.1, 0.15) is 17.7 Å². The number of carboxylic acids is 1. The number of carbonyl (C=O) groups is 2. The average molecular weight is 386 g/mol. The van der Waals surface area contributed by atoms with Crippen molar-refractivity contribution in [3.8, 4) is 11.3 Å². The van der Waals surface area contributed by atoms with E-state index in [1.54, 1.807) is 6.92 Å². The number of hydrogen-bond donors (Lipinski definition) is 2. The molecule has 2 aromatic rings. The summed E-state index contributed by atoms with van der Waals surface area (Å²) in [5.41, 5.74) is 1.51. The van der Waals surface area contributed by atoms with Crippen molar-refractivity contribution >= 4 is 23.6 Å². The molecule has 1 unspecified atom stereocenters. The van der Waals surface area contributed by atoms with Crippen LogP contribution in [0.25, 0.3) is 11.3 Å². The second-order valence-corrected chi connectivity index (χ2v) is 7.73. The lowest BCUT2D eigenvalue weighted by Crippen LogP contribution is -2.63. The van der Waals surface area contributed by atoms with Crippen LogP contribution in [0.1, 0.15) is 13.8 Å². The van der Waals surface area contributed by atoms with Crippen LogP contribution in [0.3, 0.4) is 0 Å². The summed E-state index contributed by atoms with van der Waals surface area (Å²) in [6, 6.07) is 9.16. The maximum atomic E-state index is 12.4. The first-order valence-electron chi connectivity index (χ1n) is 8.57. The Morgan fingerprint density at radius 1 is 1.33 bits per heavy atom. The number of carboxylic acid groups (broad SMARTS) is 1. The quantitative estimate of drug-likeness (QED) is 0.761. The van der Waals surface area contributed by atoms with Gasteiger partial charge in [-0.15, -0.1) is 0 Å². The molecule has 1 aromatic carbocycles. The standard InChI is InChI=1S/C19H18N2O5S/c1-9-14-13(10(2)22)17(23)21(14)15(18(24)25)16(9)27-19-20-12(8-26-19)11-6-4-3-5-7-11/h3-10,13-14,22H,1-2H3,(H,24,25)/t9-,10?,13+,14+/m1/s1. The van der Waals surface area contributed by atoms with Crippen LogP contribution in [0.2, 0.25) is 0 Å². The number of hydrogen-bond acceptors (Lipinski definition) is 6. The molecule has 4 atom stereocenters. The van der Waals surface area contributed by atoms with E-state index in [1.165, 1.54) is 11.2 Å². The van der Waals surface area contributed by atoms with Gasteiger partial charge in [-0.1, -0.05) is 37.3 Å². The maximum Gasteiger partial charge on any atom is 0.353 e. The lowest BCUT2D eigenvalue weighted by Gasteiger charge is -2.46. The molecule has 1 amide bonds. The van der Waals surface area contributed by atoms with Crippen LogP contribution in [-0.4, -0.2) is 44.1 Å². The van der Waals surface area contributed by atoms with Gasteiger partial charge in [-0.25, -0.2) is 9.78 Å². The number of aliphatic hydroxyl groups is 1. The summed E-state index contributed by atoms with van der Waals surface area (Å²) in [4.78, 5) is 30.4. The predicted molar refractivity (Wildman–Crippen MR) is 97.4 cm³/mol. The zero-order valence-corrected chi connectivity index (χ0v) is 15.5. The molecule has 0 spiro atoms. The lowest BCUT2D eigenvalue weighted by molar-refractivity contribution is -0.163. The number of aliphatic carboxylic acids is 1. The Kier molecular flexibility index (Phi) is 4.32. The SMILES string of the molecule is CC(O)[C@@H]1C(=O)N2C(C(=O)O)=C(Sc3nc(-c4ccccc4)co3)[C@H](C)[C@@H]12. The van der Waals surface area contributed by atoms with Crippen molar-refractivity contribution < 1.29 is 24.2 Å². The van der Waals surface area contributed by atoms with Crippen molar-refractivity contribution in [2.24, 2.45) is 11.8 Å². The second-order valence-electron chi connectivity index (χ2n) is 6.74. The summed E-state index contributed by atoms with van der Waals surface area (Å²) in [6.07, 6.45) is 0.698. The Morgan fingerprint density at radius 2 is 2.04 bits per heavy atom. The van der Waals surface area contributed by atoms with Gasteiger partial charge in [-0.3, -0.25) is 4.79 Å². The Labute approximate surface area is 159 Å². The Morgan fingerprint density at radius 3 is 2.67 bits per heavy atom. The molecule has 4 rings (SSSR count). The molecule has 0 aliphatic carbocycles. The summed E-state index contributed by atoms with van der Waals surface area (Å²) >= 11 is 1.12. The van der Waals surface area contributed by atoms with Gasteiger partial charge in [0.05, 0.1) is 18.1 Å². The van der Waals surface area contributed by atoms with E-state index in [2.05, 4.69) is 4.98 Å². The van der Waals surface area contributed by atoms with Gasteiger partial charge in [0.2, 0.25) is 5.91 Å². The summed E-state index contributed by atoms with van der Waals surface area (Å²) in [5.74, 6) is -2.34. The number of β-lactam (4-membered cyclic amide) rings is 1. The number of rotatable bonds is 5. The maximum absolute atomic E-state index is 12.4. The molecule has 27 heavy (non-hydrogen) atoms. The smallest absolute Gasteiger partial charge is 0.353 e. The normalized spacial score (nSPS) is 25.4. The van der Waals surface area contributed by atoms with Crippen molar-refractivity contribution in [3.63, 3.8) is 0 Å². The zero-order chi connectivity index (χ0) is 19.3. The fraction of sp³-hybridized carbons (Fsp3) is 0.316. The van der Waals surface area contributed by atoms with Gasteiger partial charge in [-0.05, 0) is 18.7 Å². The average Bonchev–Trinajstić information content (AvgIpc) is 3.18. The van der Waals surface area contributed by atoms with Crippen molar-refractivity contribution in [2.75, 3.05) is 0 Å². The second kappa shape index (κ2) is 6.54. The predicted octanol–water partition coefficient (Wildman–Crippen LogP) is 2.59. The Bertz CT molecular complexity index is 937. The fourth-order valence-electron chi connectivity index (χ4n) is 3.80. The zero-order valence-electron chi connectivity index (χ0n) is 14.7.